The van der Waals surface area contributed by atoms with Gasteiger partial charge in [-0.05, 0) is 52.6 Å². The monoisotopic (exact) mass is 472 g/mol. The van der Waals surface area contributed by atoms with Crippen molar-refractivity contribution >= 4 is 31.5 Å². The number of fused-ring (bicyclic) bond motifs is 1. The highest BCUT2D eigenvalue weighted by atomic mass is 31.1. The van der Waals surface area contributed by atoms with E-state index in [9.17, 15) is 13.6 Å². The van der Waals surface area contributed by atoms with Gasteiger partial charge in [-0.1, -0.05) is 6.42 Å². The summed E-state index contributed by atoms with van der Waals surface area (Å²) in [6.07, 6.45) is 11.2. The number of carbonyl (C=O) groups is 1. The SMILES string of the molecule is O=C(NP[C@H]1CCC[C@@H](Nc2cncc(-c3c[nH]c4c(F)cc(F)cc34)n2)C1)N1CCCC1. The lowest BCUT2D eigenvalue weighted by Gasteiger charge is -2.30. The molecule has 1 aromatic carbocycles. The minimum atomic E-state index is -0.635. The van der Waals surface area contributed by atoms with Crippen LogP contribution in [-0.2, 0) is 0 Å². The number of aromatic nitrogens is 3. The van der Waals surface area contributed by atoms with Crippen LogP contribution in [0.5, 0.6) is 0 Å². The number of hydrogen-bond donors (Lipinski definition) is 3. The lowest BCUT2D eigenvalue weighted by Crippen LogP contribution is -2.36. The van der Waals surface area contributed by atoms with E-state index in [0.29, 0.717) is 36.9 Å². The third-order valence-electron chi connectivity index (χ3n) is 6.42. The van der Waals surface area contributed by atoms with E-state index in [1.807, 2.05) is 4.90 Å². The first-order valence-electron chi connectivity index (χ1n) is 11.4. The van der Waals surface area contributed by atoms with E-state index in [1.54, 1.807) is 18.6 Å². The Labute approximate surface area is 192 Å². The summed E-state index contributed by atoms with van der Waals surface area (Å²) in [6, 6.07) is 2.46. The van der Waals surface area contributed by atoms with Gasteiger partial charge >= 0.3 is 6.03 Å². The number of nitrogens with zero attached hydrogens (tertiary/aromatic N) is 3. The number of aromatic amines is 1. The van der Waals surface area contributed by atoms with Crippen LogP contribution in [-0.4, -0.2) is 50.7 Å². The van der Waals surface area contributed by atoms with Gasteiger partial charge in [0.1, 0.15) is 17.5 Å². The number of rotatable bonds is 5. The molecule has 2 fully saturated rings. The number of urea groups is 1. The van der Waals surface area contributed by atoms with Crippen LogP contribution in [0.3, 0.4) is 0 Å². The van der Waals surface area contributed by atoms with Crippen LogP contribution < -0.4 is 10.4 Å². The number of carbonyl (C=O) groups excluding carboxylic acids is 1. The Morgan fingerprint density at radius 2 is 2.00 bits per heavy atom. The summed E-state index contributed by atoms with van der Waals surface area (Å²) in [5.74, 6) is -0.632. The smallest absolute Gasteiger partial charge is 0.320 e. The van der Waals surface area contributed by atoms with E-state index in [4.69, 9.17) is 0 Å². The van der Waals surface area contributed by atoms with E-state index in [2.05, 4.69) is 25.4 Å². The molecule has 1 aliphatic carbocycles. The van der Waals surface area contributed by atoms with Crippen LogP contribution in [0.4, 0.5) is 19.4 Å². The van der Waals surface area contributed by atoms with E-state index in [0.717, 1.165) is 57.7 Å². The van der Waals surface area contributed by atoms with Crippen LogP contribution in [0.2, 0.25) is 0 Å². The Balaban J connectivity index is 1.24. The minimum absolute atomic E-state index is 0.0612. The van der Waals surface area contributed by atoms with Crippen molar-refractivity contribution in [3.8, 4) is 11.3 Å². The third-order valence-corrected chi connectivity index (χ3v) is 7.71. The second-order valence-corrected chi connectivity index (χ2v) is 10.1. The summed E-state index contributed by atoms with van der Waals surface area (Å²) >= 11 is 0. The topological polar surface area (TPSA) is 85.9 Å². The van der Waals surface area contributed by atoms with Gasteiger partial charge in [-0.25, -0.2) is 18.6 Å². The maximum atomic E-state index is 14.1. The molecular weight excluding hydrogens is 445 g/mol. The van der Waals surface area contributed by atoms with Gasteiger partial charge in [0.2, 0.25) is 0 Å². The standard InChI is InChI=1S/C23H27F2N6OP/c24-14-8-17-18(11-27-22(17)19(25)9-14)20-12-26-13-21(29-20)28-15-4-3-5-16(10-15)33-30-23(32)31-6-1-2-7-31/h8-9,11-13,15-16,27,33H,1-7,10H2,(H,28,29)(H,30,32)/t15-,16+/m1/s1. The Hall–Kier alpha value is -2.80. The maximum Gasteiger partial charge on any atom is 0.320 e. The van der Waals surface area contributed by atoms with Gasteiger partial charge in [0.15, 0.2) is 0 Å². The molecular formula is C23H27F2N6OP. The summed E-state index contributed by atoms with van der Waals surface area (Å²) in [5, 5.41) is 7.04. The average Bonchev–Trinajstić information content (AvgIpc) is 3.48. The highest BCUT2D eigenvalue weighted by Gasteiger charge is 2.25. The molecule has 0 bridgehead atoms. The van der Waals surface area contributed by atoms with Crippen molar-refractivity contribution in [2.75, 3.05) is 18.4 Å². The average molecular weight is 472 g/mol. The summed E-state index contributed by atoms with van der Waals surface area (Å²) in [4.78, 5) is 26.0. The largest absolute Gasteiger partial charge is 0.366 e. The predicted octanol–water partition coefficient (Wildman–Crippen LogP) is 5.03. The minimum Gasteiger partial charge on any atom is -0.366 e. The van der Waals surface area contributed by atoms with Crippen molar-refractivity contribution in [2.24, 2.45) is 0 Å². The van der Waals surface area contributed by atoms with Crippen molar-refractivity contribution < 1.29 is 13.6 Å². The zero-order chi connectivity index (χ0) is 22.8. The molecule has 2 aromatic heterocycles. The van der Waals surface area contributed by atoms with Crippen LogP contribution in [0.1, 0.15) is 38.5 Å². The van der Waals surface area contributed by atoms with Gasteiger partial charge in [0.25, 0.3) is 0 Å². The van der Waals surface area contributed by atoms with E-state index >= 15 is 0 Å². The van der Waals surface area contributed by atoms with Crippen molar-refractivity contribution in [3.63, 3.8) is 0 Å². The molecule has 5 rings (SSSR count). The molecule has 2 aliphatic rings. The molecule has 0 radical (unpaired) electrons. The Kier molecular flexibility index (Phi) is 6.40. The van der Waals surface area contributed by atoms with Crippen molar-refractivity contribution in [3.05, 3.63) is 42.4 Å². The number of nitrogens with one attached hydrogen (secondary N) is 3. The second-order valence-electron chi connectivity index (χ2n) is 8.78. The number of anilines is 1. The maximum absolute atomic E-state index is 14.1. The second kappa shape index (κ2) is 9.59. The molecule has 2 amide bonds. The van der Waals surface area contributed by atoms with Crippen molar-refractivity contribution in [1.29, 1.82) is 0 Å². The van der Waals surface area contributed by atoms with Gasteiger partial charge in [-0.2, -0.15) is 0 Å². The molecule has 3 atom stereocenters. The Bertz CT molecular complexity index is 1150. The molecule has 1 saturated heterocycles. The van der Waals surface area contributed by atoms with Crippen molar-refractivity contribution in [1.82, 2.24) is 24.9 Å². The number of benzene rings is 1. The zero-order valence-electron chi connectivity index (χ0n) is 18.2. The molecule has 10 heteroatoms. The molecule has 3 heterocycles. The molecule has 1 saturated carbocycles. The molecule has 3 N–H and O–H groups in total. The summed E-state index contributed by atoms with van der Waals surface area (Å²) in [5.41, 5.74) is 1.84. The zero-order valence-corrected chi connectivity index (χ0v) is 19.2. The highest BCUT2D eigenvalue weighted by molar-refractivity contribution is 7.37. The number of likely N-dealkylation sites (tertiary alicyclic amines) is 1. The highest BCUT2D eigenvalue weighted by Crippen LogP contribution is 2.33. The Morgan fingerprint density at radius 1 is 1.15 bits per heavy atom. The molecule has 1 aliphatic heterocycles. The number of amides is 2. The first kappa shape index (κ1) is 22.0. The Morgan fingerprint density at radius 3 is 2.85 bits per heavy atom. The lowest BCUT2D eigenvalue weighted by atomic mass is 9.95. The van der Waals surface area contributed by atoms with Crippen LogP contribution >= 0.6 is 8.73 Å². The number of halogens is 2. The van der Waals surface area contributed by atoms with Crippen LogP contribution in [0, 0.1) is 11.6 Å². The normalized spacial score (nSPS) is 21.2. The molecule has 0 spiro atoms. The summed E-state index contributed by atoms with van der Waals surface area (Å²) in [7, 11) is 0.408. The fourth-order valence-corrected chi connectivity index (χ4v) is 5.99. The van der Waals surface area contributed by atoms with Gasteiger partial charge in [-0.3, -0.25) is 4.98 Å². The van der Waals surface area contributed by atoms with Gasteiger partial charge in [-0.15, -0.1) is 0 Å². The summed E-state index contributed by atoms with van der Waals surface area (Å²) < 4.78 is 27.8. The molecule has 174 valence electrons. The lowest BCUT2D eigenvalue weighted by molar-refractivity contribution is 0.215. The predicted molar refractivity (Wildman–Crippen MR) is 127 cm³/mol. The fraction of sp³-hybridized carbons (Fsp3) is 0.435. The molecule has 7 nitrogen and oxygen atoms in total. The van der Waals surface area contributed by atoms with Crippen LogP contribution in [0.15, 0.2) is 30.7 Å². The number of hydrogen-bond acceptors (Lipinski definition) is 4. The fourth-order valence-electron chi connectivity index (χ4n) is 4.76. The quantitative estimate of drug-likeness (QED) is 0.455. The van der Waals surface area contributed by atoms with Crippen molar-refractivity contribution in [2.45, 2.75) is 50.2 Å². The molecule has 1 unspecified atom stereocenters. The molecule has 33 heavy (non-hydrogen) atoms. The molecule has 3 aromatic rings. The van der Waals surface area contributed by atoms with Crippen LogP contribution in [0.25, 0.3) is 22.2 Å². The van der Waals surface area contributed by atoms with Gasteiger partial charge < -0.3 is 20.3 Å². The van der Waals surface area contributed by atoms with E-state index < -0.39 is 11.6 Å². The third kappa shape index (κ3) is 4.93. The number of H-pyrrole nitrogens is 1. The van der Waals surface area contributed by atoms with E-state index in [-0.39, 0.29) is 17.6 Å². The van der Waals surface area contributed by atoms with Gasteiger partial charge in [0, 0.05) is 42.3 Å². The first-order valence-corrected chi connectivity index (χ1v) is 12.5. The summed E-state index contributed by atoms with van der Waals surface area (Å²) in [6.45, 7) is 1.71. The van der Waals surface area contributed by atoms with Gasteiger partial charge in [0.05, 0.1) is 23.6 Å². The first-order chi connectivity index (χ1) is 16.1. The van der Waals surface area contributed by atoms with E-state index in [1.165, 1.54) is 6.07 Å².